The Morgan fingerprint density at radius 2 is 1.22 bits per heavy atom. The van der Waals surface area contributed by atoms with Gasteiger partial charge in [-0.05, 0) is 87.3 Å². The summed E-state index contributed by atoms with van der Waals surface area (Å²) >= 11 is 0. The zero-order valence-electron chi connectivity index (χ0n) is 17.3. The number of rotatable bonds is 3. The van der Waals surface area contributed by atoms with Crippen LogP contribution in [-0.2, 0) is 0 Å². The maximum atomic E-state index is 4.96. The second-order valence-electron chi connectivity index (χ2n) is 8.71. The lowest BCUT2D eigenvalue weighted by atomic mass is 9.74. The fraction of sp³-hybridized carbons (Fsp3) is 0.640. The van der Waals surface area contributed by atoms with Gasteiger partial charge in [-0.3, -0.25) is 4.99 Å². The molecule has 2 heteroatoms. The van der Waals surface area contributed by atoms with Crippen LogP contribution in [0.5, 0.6) is 0 Å². The van der Waals surface area contributed by atoms with Crippen LogP contribution < -0.4 is 4.90 Å². The molecule has 0 saturated heterocycles. The summed E-state index contributed by atoms with van der Waals surface area (Å²) in [6, 6.07) is 0. The molecule has 156 valence electrons. The zero-order valence-corrected chi connectivity index (χ0v) is 17.3. The largest absolute Gasteiger partial charge is 0.377 e. The standard InChI is InChI=1S/C22H34N2.3CH4/c1-14-16(3)20(24(9)10)17(4)15(2)19(14)12-11-18-13-21(5,6)22(7,8)23-18;;;/h11-12H,13H2,1-10H3;3*1H4. The lowest BCUT2D eigenvalue weighted by Gasteiger charge is -2.32. The van der Waals surface area contributed by atoms with E-state index >= 15 is 0 Å². The molecule has 2 rings (SSSR count). The predicted octanol–water partition coefficient (Wildman–Crippen LogP) is 7.56. The maximum Gasteiger partial charge on any atom is 0.0609 e. The van der Waals surface area contributed by atoms with Crippen molar-refractivity contribution >= 4 is 17.5 Å². The van der Waals surface area contributed by atoms with Crippen molar-refractivity contribution < 1.29 is 0 Å². The minimum Gasteiger partial charge on any atom is -0.377 e. The minimum atomic E-state index is 0. The monoisotopic (exact) mass is 374 g/mol. The zero-order chi connectivity index (χ0) is 18.4. The smallest absolute Gasteiger partial charge is 0.0609 e. The van der Waals surface area contributed by atoms with Crippen LogP contribution in [0.3, 0.4) is 0 Å². The number of anilines is 1. The molecule has 0 N–H and O–H groups in total. The highest BCUT2D eigenvalue weighted by Gasteiger charge is 2.42. The summed E-state index contributed by atoms with van der Waals surface area (Å²) in [6.07, 6.45) is 5.56. The molecule has 0 atom stereocenters. The molecule has 1 aromatic rings. The normalized spacial score (nSPS) is 16.9. The topological polar surface area (TPSA) is 15.6 Å². The summed E-state index contributed by atoms with van der Waals surface area (Å²) in [4.78, 5) is 7.19. The van der Waals surface area contributed by atoms with E-state index in [9.17, 15) is 0 Å². The predicted molar refractivity (Wildman–Crippen MR) is 129 cm³/mol. The summed E-state index contributed by atoms with van der Waals surface area (Å²) in [7, 11) is 4.25. The average Bonchev–Trinajstić information content (AvgIpc) is 2.64. The lowest BCUT2D eigenvalue weighted by Crippen LogP contribution is -2.32. The van der Waals surface area contributed by atoms with Gasteiger partial charge in [-0.25, -0.2) is 0 Å². The second-order valence-corrected chi connectivity index (χ2v) is 8.71. The van der Waals surface area contributed by atoms with E-state index in [-0.39, 0.29) is 33.2 Å². The first kappa shape index (κ1) is 27.6. The number of hydrogen-bond donors (Lipinski definition) is 0. The third kappa shape index (κ3) is 4.83. The summed E-state index contributed by atoms with van der Waals surface area (Å²) in [5.74, 6) is 0. The maximum absolute atomic E-state index is 4.96. The van der Waals surface area contributed by atoms with E-state index < -0.39 is 0 Å². The summed E-state index contributed by atoms with van der Waals surface area (Å²) in [5, 5.41) is 0. The third-order valence-electron chi connectivity index (χ3n) is 6.24. The van der Waals surface area contributed by atoms with Crippen LogP contribution in [0.4, 0.5) is 5.69 Å². The Labute approximate surface area is 170 Å². The van der Waals surface area contributed by atoms with Gasteiger partial charge in [-0.1, -0.05) is 42.2 Å². The van der Waals surface area contributed by atoms with Crippen LogP contribution in [0, 0.1) is 33.1 Å². The van der Waals surface area contributed by atoms with Crippen LogP contribution in [0.25, 0.3) is 6.08 Å². The van der Waals surface area contributed by atoms with E-state index in [4.69, 9.17) is 4.99 Å². The number of benzene rings is 1. The Bertz CT molecular complexity index is 687. The Morgan fingerprint density at radius 1 is 0.778 bits per heavy atom. The fourth-order valence-corrected chi connectivity index (χ4v) is 3.74. The van der Waals surface area contributed by atoms with Crippen LogP contribution in [0.1, 0.15) is 84.2 Å². The van der Waals surface area contributed by atoms with Crippen molar-refractivity contribution in [3.63, 3.8) is 0 Å². The summed E-state index contributed by atoms with van der Waals surface area (Å²) in [5.41, 5.74) is 9.63. The van der Waals surface area contributed by atoms with Crippen LogP contribution in [0.2, 0.25) is 0 Å². The Kier molecular flexibility index (Phi) is 9.30. The van der Waals surface area contributed by atoms with Crippen molar-refractivity contribution in [2.24, 2.45) is 10.4 Å². The number of nitrogens with zero attached hydrogens (tertiary/aromatic N) is 2. The molecule has 0 spiro atoms. The van der Waals surface area contributed by atoms with Crippen molar-refractivity contribution in [2.45, 2.75) is 89.6 Å². The molecule has 0 bridgehead atoms. The van der Waals surface area contributed by atoms with Gasteiger partial charge >= 0.3 is 0 Å². The van der Waals surface area contributed by atoms with Crippen molar-refractivity contribution in [1.82, 2.24) is 0 Å². The van der Waals surface area contributed by atoms with Gasteiger partial charge in [-0.2, -0.15) is 0 Å². The molecule has 27 heavy (non-hydrogen) atoms. The Morgan fingerprint density at radius 3 is 1.56 bits per heavy atom. The molecule has 2 nitrogen and oxygen atoms in total. The number of allylic oxidation sites excluding steroid dienone is 1. The molecule has 1 aromatic carbocycles. The molecular formula is C25H46N2. The fourth-order valence-electron chi connectivity index (χ4n) is 3.74. The van der Waals surface area contributed by atoms with E-state index in [1.54, 1.807) is 0 Å². The highest BCUT2D eigenvalue weighted by Crippen LogP contribution is 2.43. The van der Waals surface area contributed by atoms with E-state index in [2.05, 4.69) is 86.5 Å². The first-order valence-electron chi connectivity index (χ1n) is 8.93. The molecule has 0 unspecified atom stereocenters. The van der Waals surface area contributed by atoms with E-state index in [1.165, 1.54) is 39.2 Å². The minimum absolute atomic E-state index is 0. The van der Waals surface area contributed by atoms with Gasteiger partial charge in [0.15, 0.2) is 0 Å². The first-order chi connectivity index (χ1) is 10.9. The van der Waals surface area contributed by atoms with Crippen molar-refractivity contribution in [2.75, 3.05) is 19.0 Å². The van der Waals surface area contributed by atoms with E-state index in [1.807, 2.05) is 0 Å². The van der Waals surface area contributed by atoms with Gasteiger partial charge in [0, 0.05) is 25.5 Å². The molecule has 0 aliphatic carbocycles. The molecule has 1 heterocycles. The SMILES string of the molecule is C.C.C.Cc1c(C)c(N(C)C)c(C)c(C)c1C=CC1=NC(C)(C)C(C)(C)C1. The van der Waals surface area contributed by atoms with Gasteiger partial charge < -0.3 is 4.90 Å². The quantitative estimate of drug-likeness (QED) is 0.533. The van der Waals surface area contributed by atoms with Crippen LogP contribution in [-0.4, -0.2) is 25.3 Å². The van der Waals surface area contributed by atoms with Crippen molar-refractivity contribution in [3.8, 4) is 0 Å². The van der Waals surface area contributed by atoms with E-state index in [0.717, 1.165) is 6.42 Å². The molecule has 1 aliphatic rings. The molecule has 1 aliphatic heterocycles. The summed E-state index contributed by atoms with van der Waals surface area (Å²) < 4.78 is 0. The lowest BCUT2D eigenvalue weighted by molar-refractivity contribution is 0.238. The van der Waals surface area contributed by atoms with Gasteiger partial charge in [0.05, 0.1) is 5.54 Å². The highest BCUT2D eigenvalue weighted by molar-refractivity contribution is 6.00. The third-order valence-corrected chi connectivity index (χ3v) is 6.24. The molecule has 0 fully saturated rings. The van der Waals surface area contributed by atoms with Gasteiger partial charge in [0.1, 0.15) is 0 Å². The molecule has 0 aromatic heterocycles. The van der Waals surface area contributed by atoms with E-state index in [0.29, 0.717) is 0 Å². The van der Waals surface area contributed by atoms with Crippen molar-refractivity contribution in [3.05, 3.63) is 33.9 Å². The Balaban J connectivity index is 0. The van der Waals surface area contributed by atoms with Crippen LogP contribution >= 0.6 is 0 Å². The Hall–Kier alpha value is -1.57. The number of aliphatic imine (C=N–C) groups is 1. The molecular weight excluding hydrogens is 328 g/mol. The first-order valence-corrected chi connectivity index (χ1v) is 8.93. The van der Waals surface area contributed by atoms with Crippen LogP contribution in [0.15, 0.2) is 11.1 Å². The van der Waals surface area contributed by atoms with Crippen molar-refractivity contribution in [1.29, 1.82) is 0 Å². The number of hydrogen-bond acceptors (Lipinski definition) is 2. The van der Waals surface area contributed by atoms with Gasteiger partial charge in [0.2, 0.25) is 0 Å². The molecule has 0 amide bonds. The molecule has 0 radical (unpaired) electrons. The average molecular weight is 375 g/mol. The second kappa shape index (κ2) is 9.08. The highest BCUT2D eigenvalue weighted by atomic mass is 15.1. The molecule has 0 saturated carbocycles. The van der Waals surface area contributed by atoms with Gasteiger partial charge in [-0.15, -0.1) is 0 Å². The summed E-state index contributed by atoms with van der Waals surface area (Å²) in [6.45, 7) is 18.0. The van der Waals surface area contributed by atoms with Gasteiger partial charge in [0.25, 0.3) is 0 Å².